The van der Waals surface area contributed by atoms with Crippen LogP contribution in [0.15, 0.2) is 65.5 Å². The van der Waals surface area contributed by atoms with Gasteiger partial charge < -0.3 is 9.88 Å². The fourth-order valence-electron chi connectivity index (χ4n) is 3.78. The number of aromatic nitrogens is 1. The van der Waals surface area contributed by atoms with E-state index in [1.54, 1.807) is 19.1 Å². The van der Waals surface area contributed by atoms with Crippen LogP contribution in [0.2, 0.25) is 0 Å². The third-order valence-electron chi connectivity index (χ3n) is 5.37. The summed E-state index contributed by atoms with van der Waals surface area (Å²) in [5.41, 5.74) is 3.79. The predicted molar refractivity (Wildman–Crippen MR) is 119 cm³/mol. The van der Waals surface area contributed by atoms with E-state index in [1.807, 2.05) is 49.4 Å². The largest absolute Gasteiger partial charge is 0.340 e. The molecule has 0 bridgehead atoms. The zero-order valence-corrected chi connectivity index (χ0v) is 17.0. The molecule has 5 heteroatoms. The van der Waals surface area contributed by atoms with Gasteiger partial charge in [-0.25, -0.2) is 4.39 Å². The van der Waals surface area contributed by atoms with Crippen molar-refractivity contribution in [3.05, 3.63) is 87.8 Å². The Balaban J connectivity index is 1.57. The highest BCUT2D eigenvalue weighted by molar-refractivity contribution is 5.94. The normalized spacial score (nSPS) is 11.2. The number of halogens is 1. The van der Waals surface area contributed by atoms with Gasteiger partial charge >= 0.3 is 0 Å². The first-order valence-corrected chi connectivity index (χ1v) is 10.0. The number of carbonyl (C=O) groups excluding carboxylic acids is 1. The Kier molecular flexibility index (Phi) is 5.36. The van der Waals surface area contributed by atoms with Crippen molar-refractivity contribution in [2.24, 2.45) is 0 Å². The van der Waals surface area contributed by atoms with Gasteiger partial charge in [0.05, 0.1) is 11.0 Å². The molecule has 152 valence electrons. The number of aryl methyl sites for hydroxylation is 3. The van der Waals surface area contributed by atoms with Crippen LogP contribution in [0, 0.1) is 19.7 Å². The fraction of sp³-hybridized carbons (Fsp3) is 0.200. The molecule has 0 aliphatic rings. The van der Waals surface area contributed by atoms with Crippen molar-refractivity contribution in [1.82, 2.24) is 4.57 Å². The summed E-state index contributed by atoms with van der Waals surface area (Å²) >= 11 is 0. The quantitative estimate of drug-likeness (QED) is 0.459. The van der Waals surface area contributed by atoms with Crippen LogP contribution in [-0.2, 0) is 11.3 Å². The average molecular weight is 402 g/mol. The molecule has 0 fully saturated rings. The number of rotatable bonds is 5. The summed E-state index contributed by atoms with van der Waals surface area (Å²) in [4.78, 5) is 25.3. The van der Waals surface area contributed by atoms with E-state index in [1.165, 1.54) is 6.07 Å². The lowest BCUT2D eigenvalue weighted by Crippen LogP contribution is -2.15. The maximum absolute atomic E-state index is 13.7. The van der Waals surface area contributed by atoms with Gasteiger partial charge in [0.15, 0.2) is 5.43 Å². The first kappa shape index (κ1) is 19.8. The Hall–Kier alpha value is -3.47. The average Bonchev–Trinajstić information content (AvgIpc) is 2.73. The van der Waals surface area contributed by atoms with E-state index < -0.39 is 0 Å². The Labute approximate surface area is 174 Å². The summed E-state index contributed by atoms with van der Waals surface area (Å²) in [5.74, 6) is -0.502. The molecular weight excluding hydrogens is 379 g/mol. The van der Waals surface area contributed by atoms with Crippen LogP contribution in [-0.4, -0.2) is 10.5 Å². The first-order valence-electron chi connectivity index (χ1n) is 10.0. The monoisotopic (exact) mass is 402 g/mol. The molecule has 3 aromatic carbocycles. The number of anilines is 1. The summed E-state index contributed by atoms with van der Waals surface area (Å²) in [6, 6.07) is 18.1. The van der Waals surface area contributed by atoms with Gasteiger partial charge in [-0.15, -0.1) is 0 Å². The molecule has 0 spiro atoms. The van der Waals surface area contributed by atoms with Crippen molar-refractivity contribution in [2.75, 3.05) is 5.32 Å². The van der Waals surface area contributed by atoms with Crippen molar-refractivity contribution < 1.29 is 9.18 Å². The predicted octanol–water partition coefficient (Wildman–Crippen LogP) is 5.33. The number of benzene rings is 3. The molecule has 0 saturated carbocycles. The van der Waals surface area contributed by atoms with Crippen molar-refractivity contribution in [3.8, 4) is 0 Å². The lowest BCUT2D eigenvalue weighted by Gasteiger charge is -2.15. The van der Waals surface area contributed by atoms with Crippen molar-refractivity contribution in [2.45, 2.75) is 33.2 Å². The maximum Gasteiger partial charge on any atom is 0.224 e. The maximum atomic E-state index is 13.7. The number of hydrogen-bond donors (Lipinski definition) is 1. The summed E-state index contributed by atoms with van der Waals surface area (Å²) in [6.45, 7) is 4.24. The molecule has 1 amide bonds. The number of nitrogens with one attached hydrogen (secondary N) is 1. The smallest absolute Gasteiger partial charge is 0.224 e. The summed E-state index contributed by atoms with van der Waals surface area (Å²) in [5, 5.41) is 4.11. The SMILES string of the molecule is Cc1ccc2c(c1)c(=O)c1ccccc1n2CCCC(=O)Nc1ccc(C)c(F)c1. The standard InChI is InChI=1S/C25H23FN2O2/c1-16-9-12-23-20(14-16)25(30)19-6-3-4-7-22(19)28(23)13-5-8-24(29)27-18-11-10-17(2)21(26)15-18/h3-4,6-7,9-12,14-15H,5,8,13H2,1-2H3,(H,27,29). The number of carbonyl (C=O) groups is 1. The van der Waals surface area contributed by atoms with Crippen LogP contribution in [0.5, 0.6) is 0 Å². The van der Waals surface area contributed by atoms with Crippen molar-refractivity contribution in [1.29, 1.82) is 0 Å². The zero-order valence-electron chi connectivity index (χ0n) is 17.0. The molecule has 0 radical (unpaired) electrons. The van der Waals surface area contributed by atoms with E-state index >= 15 is 0 Å². The highest BCUT2D eigenvalue weighted by atomic mass is 19.1. The number of amides is 1. The third-order valence-corrected chi connectivity index (χ3v) is 5.37. The molecule has 0 atom stereocenters. The lowest BCUT2D eigenvalue weighted by atomic mass is 10.1. The number of nitrogens with zero attached hydrogens (tertiary/aromatic N) is 1. The number of pyridine rings is 1. The van der Waals surface area contributed by atoms with Gasteiger partial charge in [-0.2, -0.15) is 0 Å². The Morgan fingerprint density at radius 1 is 0.967 bits per heavy atom. The second-order valence-corrected chi connectivity index (χ2v) is 7.63. The van der Waals surface area contributed by atoms with Crippen molar-refractivity contribution >= 4 is 33.4 Å². The minimum absolute atomic E-state index is 0.0275. The van der Waals surface area contributed by atoms with E-state index in [9.17, 15) is 14.0 Å². The van der Waals surface area contributed by atoms with Crippen LogP contribution in [0.1, 0.15) is 24.0 Å². The first-order chi connectivity index (χ1) is 14.4. The molecule has 4 nitrogen and oxygen atoms in total. The van der Waals surface area contributed by atoms with Crippen LogP contribution in [0.4, 0.5) is 10.1 Å². The van der Waals surface area contributed by atoms with Gasteiger partial charge in [-0.1, -0.05) is 29.8 Å². The Bertz CT molecular complexity index is 1320. The third kappa shape index (κ3) is 3.83. The molecule has 4 aromatic rings. The van der Waals surface area contributed by atoms with Gasteiger partial charge in [0.1, 0.15) is 5.82 Å². The molecule has 0 unspecified atom stereocenters. The number of hydrogen-bond acceptors (Lipinski definition) is 2. The molecular formula is C25H23FN2O2. The molecule has 0 aliphatic heterocycles. The highest BCUT2D eigenvalue weighted by Crippen LogP contribution is 2.21. The van der Waals surface area contributed by atoms with E-state index in [-0.39, 0.29) is 17.2 Å². The summed E-state index contributed by atoms with van der Waals surface area (Å²) in [6.07, 6.45) is 0.888. The van der Waals surface area contributed by atoms with Gasteiger partial charge in [-0.05, 0) is 62.2 Å². The minimum Gasteiger partial charge on any atom is -0.340 e. The molecule has 1 N–H and O–H groups in total. The van der Waals surface area contributed by atoms with Crippen LogP contribution >= 0.6 is 0 Å². The van der Waals surface area contributed by atoms with Gasteiger partial charge in [0, 0.05) is 29.4 Å². The van der Waals surface area contributed by atoms with E-state index in [0.29, 0.717) is 41.4 Å². The molecule has 30 heavy (non-hydrogen) atoms. The van der Waals surface area contributed by atoms with Crippen LogP contribution in [0.25, 0.3) is 21.8 Å². The Morgan fingerprint density at radius 3 is 2.53 bits per heavy atom. The topological polar surface area (TPSA) is 51.1 Å². The van der Waals surface area contributed by atoms with Crippen LogP contribution in [0.3, 0.4) is 0 Å². The second-order valence-electron chi connectivity index (χ2n) is 7.63. The highest BCUT2D eigenvalue weighted by Gasteiger charge is 2.11. The molecule has 1 heterocycles. The molecule has 0 saturated heterocycles. The minimum atomic E-state index is -0.339. The number of fused-ring (bicyclic) bond motifs is 2. The molecule has 1 aromatic heterocycles. The van der Waals surface area contributed by atoms with Gasteiger partial charge in [-0.3, -0.25) is 9.59 Å². The van der Waals surface area contributed by atoms with E-state index in [4.69, 9.17) is 0 Å². The van der Waals surface area contributed by atoms with Crippen molar-refractivity contribution in [3.63, 3.8) is 0 Å². The van der Waals surface area contributed by atoms with Gasteiger partial charge in [0.25, 0.3) is 0 Å². The van der Waals surface area contributed by atoms with E-state index in [2.05, 4.69) is 9.88 Å². The summed E-state index contributed by atoms with van der Waals surface area (Å²) in [7, 11) is 0. The molecule has 0 aliphatic carbocycles. The number of para-hydroxylation sites is 1. The zero-order chi connectivity index (χ0) is 21.3. The van der Waals surface area contributed by atoms with Crippen LogP contribution < -0.4 is 10.7 Å². The summed E-state index contributed by atoms with van der Waals surface area (Å²) < 4.78 is 15.8. The molecule has 4 rings (SSSR count). The van der Waals surface area contributed by atoms with E-state index in [0.717, 1.165) is 16.6 Å². The van der Waals surface area contributed by atoms with Gasteiger partial charge in [0.2, 0.25) is 5.91 Å². The fourth-order valence-corrected chi connectivity index (χ4v) is 3.78. The Morgan fingerprint density at radius 2 is 1.73 bits per heavy atom. The second kappa shape index (κ2) is 8.11. The lowest BCUT2D eigenvalue weighted by molar-refractivity contribution is -0.116.